The zero-order valence-corrected chi connectivity index (χ0v) is 14.9. The van der Waals surface area contributed by atoms with Crippen LogP contribution in [0.2, 0.25) is 0 Å². The lowest BCUT2D eigenvalue weighted by Crippen LogP contribution is -3.00. The van der Waals surface area contributed by atoms with Gasteiger partial charge in [0, 0.05) is 20.3 Å². The second-order valence-corrected chi connectivity index (χ2v) is 5.04. The minimum absolute atomic E-state index is 0. The van der Waals surface area contributed by atoms with Gasteiger partial charge in [0.2, 0.25) is 0 Å². The normalized spacial score (nSPS) is 9.95. The zero-order valence-electron chi connectivity index (χ0n) is 13.3. The molecule has 7 heteroatoms. The van der Waals surface area contributed by atoms with Crippen LogP contribution in [0.5, 0.6) is 5.75 Å². The Balaban J connectivity index is 0. The predicted molar refractivity (Wildman–Crippen MR) is 76.0 cm³/mol. The van der Waals surface area contributed by atoms with Crippen LogP contribution in [-0.4, -0.2) is 59.8 Å². The van der Waals surface area contributed by atoms with E-state index in [9.17, 15) is 15.0 Å². The quantitative estimate of drug-likeness (QED) is 0.609. The van der Waals surface area contributed by atoms with Crippen LogP contribution in [-0.2, 0) is 6.54 Å². The van der Waals surface area contributed by atoms with E-state index in [1.807, 2.05) is 0 Å². The predicted octanol–water partition coefficient (Wildman–Crippen LogP) is -2.33. The first-order valence-electron chi connectivity index (χ1n) is 6.60. The van der Waals surface area contributed by atoms with Crippen molar-refractivity contribution in [1.29, 1.82) is 0 Å². The summed E-state index contributed by atoms with van der Waals surface area (Å²) in [6.45, 7) is 7.20. The van der Waals surface area contributed by atoms with Crippen molar-refractivity contribution in [2.75, 3.05) is 34.2 Å². The molecule has 0 aromatic carbocycles. The van der Waals surface area contributed by atoms with Crippen molar-refractivity contribution >= 4 is 6.09 Å². The molecule has 0 spiro atoms. The van der Waals surface area contributed by atoms with Crippen LogP contribution in [0.3, 0.4) is 0 Å². The number of carbonyl (C=O) groups is 1. The van der Waals surface area contributed by atoms with E-state index < -0.39 is 6.09 Å². The fourth-order valence-corrected chi connectivity index (χ4v) is 1.36. The molecular weight excluding hydrogens is 338 g/mol. The maximum absolute atomic E-state index is 9.59. The Kier molecular flexibility index (Phi) is 10.9. The van der Waals surface area contributed by atoms with E-state index in [2.05, 4.69) is 25.9 Å². The van der Waals surface area contributed by atoms with Crippen molar-refractivity contribution in [3.05, 3.63) is 24.0 Å². The molecule has 0 saturated heterocycles. The second kappa shape index (κ2) is 10.4. The highest BCUT2D eigenvalue weighted by molar-refractivity contribution is 5.61. The molecule has 0 bridgehead atoms. The Hall–Kier alpha value is -1.34. The van der Waals surface area contributed by atoms with Gasteiger partial charge in [-0.3, -0.25) is 4.98 Å². The van der Waals surface area contributed by atoms with Crippen LogP contribution in [0, 0.1) is 0 Å². The Bertz CT molecular complexity index is 424. The van der Waals surface area contributed by atoms with Gasteiger partial charge in [-0.15, -0.1) is 0 Å². The maximum atomic E-state index is 9.59. The number of pyridine rings is 1. The molecule has 6 nitrogen and oxygen atoms in total. The van der Waals surface area contributed by atoms with Gasteiger partial charge in [0.15, 0.2) is 0 Å². The maximum Gasteiger partial charge on any atom is 0.142 e. The number of halogens is 1. The molecule has 1 aromatic rings. The van der Waals surface area contributed by atoms with Gasteiger partial charge < -0.3 is 41.4 Å². The fraction of sp³-hybridized carbons (Fsp3) is 0.571. The van der Waals surface area contributed by atoms with Crippen molar-refractivity contribution in [3.8, 4) is 5.75 Å². The molecule has 0 fully saturated rings. The molecule has 0 saturated carbocycles. The monoisotopic (exact) mass is 362 g/mol. The van der Waals surface area contributed by atoms with Crippen LogP contribution >= 0.6 is 0 Å². The first-order valence-corrected chi connectivity index (χ1v) is 6.60. The highest BCUT2D eigenvalue weighted by Gasteiger charge is 2.19. The minimum atomic E-state index is -1.16. The second-order valence-electron chi connectivity index (χ2n) is 5.04. The molecule has 0 aliphatic heterocycles. The van der Waals surface area contributed by atoms with E-state index in [0.717, 1.165) is 34.7 Å². The summed E-state index contributed by atoms with van der Waals surface area (Å²) in [6, 6.07) is 3.44. The summed E-state index contributed by atoms with van der Waals surface area (Å²) >= 11 is 0. The largest absolute Gasteiger partial charge is 1.00 e. The third-order valence-corrected chi connectivity index (χ3v) is 3.29. The first-order chi connectivity index (χ1) is 9.25. The van der Waals surface area contributed by atoms with E-state index >= 15 is 0 Å². The molecule has 1 heterocycles. The van der Waals surface area contributed by atoms with Gasteiger partial charge in [-0.2, -0.15) is 0 Å². The summed E-state index contributed by atoms with van der Waals surface area (Å²) in [4.78, 5) is 14.7. The van der Waals surface area contributed by atoms with Gasteiger partial charge in [-0.25, -0.2) is 0 Å². The highest BCUT2D eigenvalue weighted by Crippen LogP contribution is 2.17. The van der Waals surface area contributed by atoms with E-state index in [1.165, 1.54) is 14.1 Å². The first kappa shape index (κ1) is 21.9. The molecule has 122 valence electrons. The minimum Gasteiger partial charge on any atom is -1.00 e. The SMILES string of the molecule is CC[N+](C)(CC)Cc1ncccc1O.CN(C)C(=O)[O-].[Br-]. The number of amides is 1. The van der Waals surface area contributed by atoms with Gasteiger partial charge in [-0.1, -0.05) is 0 Å². The molecule has 0 atom stereocenters. The van der Waals surface area contributed by atoms with Crippen molar-refractivity contribution in [3.63, 3.8) is 0 Å². The molecule has 0 unspecified atom stereocenters. The summed E-state index contributed by atoms with van der Waals surface area (Å²) in [5.74, 6) is 0.304. The van der Waals surface area contributed by atoms with Crippen LogP contribution < -0.4 is 22.1 Å². The van der Waals surface area contributed by atoms with Crippen molar-refractivity contribution in [2.24, 2.45) is 0 Å². The van der Waals surface area contributed by atoms with Crippen LogP contribution in [0.25, 0.3) is 0 Å². The van der Waals surface area contributed by atoms with Gasteiger partial charge in [0.05, 0.1) is 20.1 Å². The van der Waals surface area contributed by atoms with Crippen LogP contribution in [0.4, 0.5) is 4.79 Å². The average molecular weight is 363 g/mol. The molecule has 0 aliphatic carbocycles. The van der Waals surface area contributed by atoms with Gasteiger partial charge in [0.25, 0.3) is 0 Å². The molecule has 1 rings (SSSR count). The van der Waals surface area contributed by atoms with Crippen molar-refractivity contribution in [2.45, 2.75) is 20.4 Å². The lowest BCUT2D eigenvalue weighted by Gasteiger charge is -2.31. The number of carbonyl (C=O) groups excluding carboxylic acids is 1. The number of aromatic nitrogens is 1. The van der Waals surface area contributed by atoms with E-state index in [-0.39, 0.29) is 17.0 Å². The van der Waals surface area contributed by atoms with Gasteiger partial charge in [-0.05, 0) is 26.0 Å². The van der Waals surface area contributed by atoms with E-state index in [1.54, 1.807) is 18.3 Å². The van der Waals surface area contributed by atoms with Gasteiger partial charge >= 0.3 is 0 Å². The third-order valence-electron chi connectivity index (χ3n) is 3.29. The number of nitrogens with zero attached hydrogens (tertiary/aromatic N) is 3. The molecule has 0 radical (unpaired) electrons. The zero-order chi connectivity index (χ0) is 15.8. The summed E-state index contributed by atoms with van der Waals surface area (Å²) < 4.78 is 0.907. The van der Waals surface area contributed by atoms with Gasteiger partial charge in [0.1, 0.15) is 24.1 Å². The fourth-order valence-electron chi connectivity index (χ4n) is 1.36. The smallest absolute Gasteiger partial charge is 0.142 e. The number of hydrogen-bond acceptors (Lipinski definition) is 4. The average Bonchev–Trinajstić information content (AvgIpc) is 2.42. The summed E-state index contributed by atoms with van der Waals surface area (Å²) in [5, 5.41) is 19.1. The number of aromatic hydroxyl groups is 1. The van der Waals surface area contributed by atoms with Crippen LogP contribution in [0.1, 0.15) is 19.5 Å². The lowest BCUT2D eigenvalue weighted by molar-refractivity contribution is -0.919. The Morgan fingerprint density at radius 1 is 1.38 bits per heavy atom. The number of hydrogen-bond donors (Lipinski definition) is 1. The third kappa shape index (κ3) is 8.52. The van der Waals surface area contributed by atoms with E-state index in [0.29, 0.717) is 5.75 Å². The Morgan fingerprint density at radius 2 is 1.86 bits per heavy atom. The number of rotatable bonds is 4. The topological polar surface area (TPSA) is 76.5 Å². The number of carboxylic acid groups (broad SMARTS) is 1. The molecule has 1 amide bonds. The molecule has 21 heavy (non-hydrogen) atoms. The Labute approximate surface area is 137 Å². The molecule has 1 N–H and O–H groups in total. The summed E-state index contributed by atoms with van der Waals surface area (Å²) in [7, 11) is 5.00. The molecule has 1 aromatic heterocycles. The highest BCUT2D eigenvalue weighted by atomic mass is 79.9. The molecule has 0 aliphatic rings. The standard InChI is InChI=1S/C11H18N2O.C3H7NO2.BrH/c1-4-13(3,5-2)9-10-11(14)7-6-8-12-10;1-4(2)3(5)6;/h6-8H,4-5,9H2,1-3H3;1-2H3,(H,5,6);1H/p-1. The van der Waals surface area contributed by atoms with Crippen molar-refractivity contribution < 1.29 is 36.5 Å². The Morgan fingerprint density at radius 3 is 2.19 bits per heavy atom. The van der Waals surface area contributed by atoms with E-state index in [4.69, 9.17) is 0 Å². The molecular formula is C14H25BrN3O3-. The summed E-state index contributed by atoms with van der Waals surface area (Å²) in [5.41, 5.74) is 0.790. The number of quaternary nitrogens is 1. The van der Waals surface area contributed by atoms with Crippen molar-refractivity contribution in [1.82, 2.24) is 9.88 Å². The summed E-state index contributed by atoms with van der Waals surface area (Å²) in [6.07, 6.45) is 0.569. The lowest BCUT2D eigenvalue weighted by atomic mass is 10.2. The van der Waals surface area contributed by atoms with Crippen LogP contribution in [0.15, 0.2) is 18.3 Å².